The van der Waals surface area contributed by atoms with Crippen molar-refractivity contribution in [2.45, 2.75) is 45.2 Å². The minimum Gasteiger partial charge on any atom is -0.350 e. The zero-order chi connectivity index (χ0) is 15.9. The molecule has 0 heterocycles. The quantitative estimate of drug-likeness (QED) is 0.870. The molecule has 0 bridgehead atoms. The van der Waals surface area contributed by atoms with Crippen molar-refractivity contribution in [1.29, 1.82) is 5.26 Å². The number of carbonyl (C=O) groups excluding carboxylic acids is 2. The highest BCUT2D eigenvalue weighted by Gasteiger charge is 2.31. The molecule has 1 aromatic carbocycles. The smallest absolute Gasteiger partial charge is 0.243 e. The van der Waals surface area contributed by atoms with Gasteiger partial charge in [-0.3, -0.25) is 9.59 Å². The first-order valence-corrected chi connectivity index (χ1v) is 7.64. The van der Waals surface area contributed by atoms with E-state index < -0.39 is 6.04 Å². The Morgan fingerprint density at radius 2 is 2.09 bits per heavy atom. The molecule has 0 aromatic heterocycles. The lowest BCUT2D eigenvalue weighted by Gasteiger charge is -2.23. The van der Waals surface area contributed by atoms with E-state index in [0.29, 0.717) is 12.1 Å². The van der Waals surface area contributed by atoms with Crippen LogP contribution in [-0.4, -0.2) is 17.9 Å². The van der Waals surface area contributed by atoms with E-state index in [-0.39, 0.29) is 17.7 Å². The van der Waals surface area contributed by atoms with Gasteiger partial charge in [0.15, 0.2) is 0 Å². The Kier molecular flexibility index (Phi) is 5.54. The van der Waals surface area contributed by atoms with Crippen LogP contribution in [0.2, 0.25) is 0 Å². The predicted octanol–water partition coefficient (Wildman–Crippen LogP) is 1.87. The van der Waals surface area contributed by atoms with Crippen molar-refractivity contribution in [2.24, 2.45) is 5.92 Å². The molecule has 1 aliphatic carbocycles. The second-order valence-corrected chi connectivity index (χ2v) is 5.75. The zero-order valence-corrected chi connectivity index (χ0v) is 12.8. The van der Waals surface area contributed by atoms with Crippen LogP contribution in [0.1, 0.15) is 43.7 Å². The van der Waals surface area contributed by atoms with E-state index in [1.165, 1.54) is 6.92 Å². The maximum atomic E-state index is 12.4. The summed E-state index contributed by atoms with van der Waals surface area (Å²) in [7, 11) is 0. The lowest BCUT2D eigenvalue weighted by Crippen LogP contribution is -2.49. The summed E-state index contributed by atoms with van der Waals surface area (Å²) in [4.78, 5) is 23.7. The first-order chi connectivity index (χ1) is 10.6. The summed E-state index contributed by atoms with van der Waals surface area (Å²) in [6, 6.07) is 8.76. The summed E-state index contributed by atoms with van der Waals surface area (Å²) in [5.74, 6) is -0.114. The van der Waals surface area contributed by atoms with Gasteiger partial charge in [-0.1, -0.05) is 25.0 Å². The number of nitrogens with zero attached hydrogens (tertiary/aromatic N) is 1. The average molecular weight is 299 g/mol. The third kappa shape index (κ3) is 4.32. The first-order valence-electron chi connectivity index (χ1n) is 7.64. The molecule has 0 radical (unpaired) electrons. The molecule has 1 saturated carbocycles. The van der Waals surface area contributed by atoms with Crippen molar-refractivity contribution in [3.05, 3.63) is 35.4 Å². The van der Waals surface area contributed by atoms with Gasteiger partial charge in [0, 0.05) is 13.5 Å². The largest absolute Gasteiger partial charge is 0.350 e. The SMILES string of the molecule is CC(=O)NC(C(=O)NCc1cccc(C#N)c1)C1CCCC1. The molecule has 5 nitrogen and oxygen atoms in total. The number of carbonyl (C=O) groups is 2. The summed E-state index contributed by atoms with van der Waals surface area (Å²) < 4.78 is 0. The first kappa shape index (κ1) is 16.0. The highest BCUT2D eigenvalue weighted by molar-refractivity contribution is 5.87. The number of nitriles is 1. The zero-order valence-electron chi connectivity index (χ0n) is 12.8. The van der Waals surface area contributed by atoms with Crippen molar-refractivity contribution >= 4 is 11.8 Å². The lowest BCUT2D eigenvalue weighted by atomic mass is 9.97. The fraction of sp³-hybridized carbons (Fsp3) is 0.471. The highest BCUT2D eigenvalue weighted by atomic mass is 16.2. The Morgan fingerprint density at radius 3 is 2.73 bits per heavy atom. The molecule has 1 unspecified atom stereocenters. The second kappa shape index (κ2) is 7.60. The molecule has 1 aliphatic rings. The van der Waals surface area contributed by atoms with Gasteiger partial charge in [0.05, 0.1) is 11.6 Å². The third-order valence-corrected chi connectivity index (χ3v) is 4.04. The molecule has 2 rings (SSSR count). The van der Waals surface area contributed by atoms with Crippen LogP contribution >= 0.6 is 0 Å². The Bertz CT molecular complexity index is 586. The fourth-order valence-corrected chi connectivity index (χ4v) is 2.96. The van der Waals surface area contributed by atoms with Gasteiger partial charge in [-0.2, -0.15) is 5.26 Å². The van der Waals surface area contributed by atoms with Crippen molar-refractivity contribution in [2.75, 3.05) is 0 Å². The minimum absolute atomic E-state index is 0.149. The molecule has 2 N–H and O–H groups in total. The Balaban J connectivity index is 1.98. The van der Waals surface area contributed by atoms with E-state index in [2.05, 4.69) is 16.7 Å². The standard InChI is InChI=1S/C17H21N3O2/c1-12(21)20-16(15-7-2-3-8-15)17(22)19-11-14-6-4-5-13(9-14)10-18/h4-6,9,15-16H,2-3,7-8,11H2,1H3,(H,19,22)(H,20,21). The van der Waals surface area contributed by atoms with Gasteiger partial charge in [0.25, 0.3) is 0 Å². The average Bonchev–Trinajstić information content (AvgIpc) is 3.04. The molecule has 0 spiro atoms. The van der Waals surface area contributed by atoms with Crippen molar-refractivity contribution in [3.8, 4) is 6.07 Å². The van der Waals surface area contributed by atoms with Gasteiger partial charge >= 0.3 is 0 Å². The van der Waals surface area contributed by atoms with Crippen LogP contribution in [-0.2, 0) is 16.1 Å². The van der Waals surface area contributed by atoms with Gasteiger partial charge in [0.2, 0.25) is 11.8 Å². The molecule has 1 fully saturated rings. The fourth-order valence-electron chi connectivity index (χ4n) is 2.96. The number of rotatable bonds is 5. The second-order valence-electron chi connectivity index (χ2n) is 5.75. The number of amides is 2. The Hall–Kier alpha value is -2.35. The van der Waals surface area contributed by atoms with E-state index >= 15 is 0 Å². The molecular weight excluding hydrogens is 278 g/mol. The summed E-state index contributed by atoms with van der Waals surface area (Å²) in [5, 5.41) is 14.5. The van der Waals surface area contributed by atoms with Crippen LogP contribution in [0.3, 0.4) is 0 Å². The van der Waals surface area contributed by atoms with Gasteiger partial charge < -0.3 is 10.6 Å². The predicted molar refractivity (Wildman–Crippen MR) is 82.6 cm³/mol. The molecule has 0 aliphatic heterocycles. The summed E-state index contributed by atoms with van der Waals surface area (Å²) in [6.45, 7) is 1.79. The molecule has 22 heavy (non-hydrogen) atoms. The van der Waals surface area contributed by atoms with Gasteiger partial charge in [0.1, 0.15) is 6.04 Å². The summed E-state index contributed by atoms with van der Waals surface area (Å²) in [6.07, 6.45) is 4.17. The maximum Gasteiger partial charge on any atom is 0.243 e. The van der Waals surface area contributed by atoms with Crippen LogP contribution in [0.5, 0.6) is 0 Å². The van der Waals surface area contributed by atoms with Crippen LogP contribution in [0.4, 0.5) is 0 Å². The van der Waals surface area contributed by atoms with Crippen molar-refractivity contribution < 1.29 is 9.59 Å². The van der Waals surface area contributed by atoms with Crippen molar-refractivity contribution in [1.82, 2.24) is 10.6 Å². The van der Waals surface area contributed by atoms with E-state index in [4.69, 9.17) is 5.26 Å². The number of hydrogen-bond donors (Lipinski definition) is 2. The van der Waals surface area contributed by atoms with E-state index in [0.717, 1.165) is 31.2 Å². The maximum absolute atomic E-state index is 12.4. The van der Waals surface area contributed by atoms with Crippen molar-refractivity contribution in [3.63, 3.8) is 0 Å². The summed E-state index contributed by atoms with van der Waals surface area (Å²) in [5.41, 5.74) is 1.45. The molecule has 116 valence electrons. The van der Waals surface area contributed by atoms with E-state index in [1.807, 2.05) is 6.07 Å². The molecular formula is C17H21N3O2. The highest BCUT2D eigenvalue weighted by Crippen LogP contribution is 2.27. The number of nitrogens with one attached hydrogen (secondary N) is 2. The minimum atomic E-state index is -0.459. The molecule has 0 saturated heterocycles. The van der Waals surface area contributed by atoms with Crippen LogP contribution < -0.4 is 10.6 Å². The van der Waals surface area contributed by atoms with Gasteiger partial charge in [-0.05, 0) is 36.5 Å². The van der Waals surface area contributed by atoms with Crippen LogP contribution in [0.25, 0.3) is 0 Å². The summed E-state index contributed by atoms with van der Waals surface area (Å²) >= 11 is 0. The third-order valence-electron chi connectivity index (χ3n) is 4.04. The topological polar surface area (TPSA) is 82.0 Å². The monoisotopic (exact) mass is 299 g/mol. The van der Waals surface area contributed by atoms with Gasteiger partial charge in [-0.25, -0.2) is 0 Å². The normalized spacial score (nSPS) is 15.8. The Labute approximate surface area is 130 Å². The van der Waals surface area contributed by atoms with Crippen LogP contribution in [0.15, 0.2) is 24.3 Å². The molecule has 2 amide bonds. The van der Waals surface area contributed by atoms with Gasteiger partial charge in [-0.15, -0.1) is 0 Å². The number of hydrogen-bond acceptors (Lipinski definition) is 3. The number of benzene rings is 1. The molecule has 1 aromatic rings. The molecule has 1 atom stereocenters. The van der Waals surface area contributed by atoms with Crippen LogP contribution in [0, 0.1) is 17.2 Å². The lowest BCUT2D eigenvalue weighted by molar-refractivity contribution is -0.129. The van der Waals surface area contributed by atoms with E-state index in [1.54, 1.807) is 18.2 Å². The Morgan fingerprint density at radius 1 is 1.36 bits per heavy atom. The molecule has 5 heteroatoms. The van der Waals surface area contributed by atoms with E-state index in [9.17, 15) is 9.59 Å².